The fourth-order valence-corrected chi connectivity index (χ4v) is 5.50. The van der Waals surface area contributed by atoms with Crippen LogP contribution in [0.1, 0.15) is 32.6 Å². The zero-order valence-electron chi connectivity index (χ0n) is 13.6. The summed E-state index contributed by atoms with van der Waals surface area (Å²) in [5, 5.41) is 2.92. The third-order valence-corrected chi connectivity index (χ3v) is 7.27. The van der Waals surface area contributed by atoms with Crippen LogP contribution in [0.5, 0.6) is 0 Å². The average Bonchev–Trinajstić information content (AvgIpc) is 2.55. The molecule has 1 amide bonds. The molecule has 1 aromatic carbocycles. The predicted octanol–water partition coefficient (Wildman–Crippen LogP) is 3.99. The molecular formula is C16H22Br2N2O3S. The van der Waals surface area contributed by atoms with Crippen LogP contribution in [0.4, 0.5) is 5.69 Å². The molecule has 2 rings (SSSR count). The van der Waals surface area contributed by atoms with Crippen molar-refractivity contribution < 1.29 is 13.2 Å². The van der Waals surface area contributed by atoms with E-state index in [0.717, 1.165) is 21.1 Å². The molecule has 1 aromatic rings. The summed E-state index contributed by atoms with van der Waals surface area (Å²) in [7, 11) is -3.18. The van der Waals surface area contributed by atoms with E-state index in [4.69, 9.17) is 0 Å². The number of sulfonamides is 1. The third kappa shape index (κ3) is 5.28. The minimum absolute atomic E-state index is 0.0522. The van der Waals surface area contributed by atoms with Crippen LogP contribution in [0.2, 0.25) is 0 Å². The molecule has 0 aliphatic carbocycles. The van der Waals surface area contributed by atoms with Gasteiger partial charge in [0.15, 0.2) is 0 Å². The quantitative estimate of drug-likeness (QED) is 0.667. The summed E-state index contributed by atoms with van der Waals surface area (Å²) in [6.07, 6.45) is 2.66. The maximum atomic E-state index is 12.4. The highest BCUT2D eigenvalue weighted by molar-refractivity contribution is 9.11. The second-order valence-corrected chi connectivity index (χ2v) is 9.81. The molecule has 1 N–H and O–H groups in total. The summed E-state index contributed by atoms with van der Waals surface area (Å²) in [6.45, 7) is 2.82. The van der Waals surface area contributed by atoms with Crippen molar-refractivity contribution in [3.63, 3.8) is 0 Å². The fourth-order valence-electron chi connectivity index (χ4n) is 2.68. The first-order chi connectivity index (χ1) is 11.3. The van der Waals surface area contributed by atoms with Gasteiger partial charge in [-0.15, -0.1) is 0 Å². The van der Waals surface area contributed by atoms with E-state index in [9.17, 15) is 13.2 Å². The second kappa shape index (κ2) is 8.78. The van der Waals surface area contributed by atoms with E-state index in [1.165, 1.54) is 4.31 Å². The number of rotatable bonds is 6. The van der Waals surface area contributed by atoms with Crippen molar-refractivity contribution in [3.05, 3.63) is 27.1 Å². The number of unbranched alkanes of at least 4 members (excludes halogenated alkanes) is 1. The lowest BCUT2D eigenvalue weighted by molar-refractivity contribution is -0.120. The number of amides is 1. The largest absolute Gasteiger partial charge is 0.325 e. The first-order valence-corrected chi connectivity index (χ1v) is 11.3. The third-order valence-electron chi connectivity index (χ3n) is 4.16. The number of carbonyl (C=O) groups excluding carboxylic acids is 1. The molecule has 8 heteroatoms. The van der Waals surface area contributed by atoms with Crippen molar-refractivity contribution in [2.45, 2.75) is 32.6 Å². The number of hydrogen-bond acceptors (Lipinski definition) is 3. The minimum Gasteiger partial charge on any atom is -0.325 e. The molecule has 0 saturated carbocycles. The number of piperidine rings is 1. The van der Waals surface area contributed by atoms with Gasteiger partial charge in [-0.25, -0.2) is 12.7 Å². The maximum absolute atomic E-state index is 12.4. The van der Waals surface area contributed by atoms with Gasteiger partial charge in [0.05, 0.1) is 11.4 Å². The van der Waals surface area contributed by atoms with Gasteiger partial charge in [-0.3, -0.25) is 4.79 Å². The number of nitrogens with one attached hydrogen (secondary N) is 1. The molecule has 1 aliphatic rings. The molecule has 1 saturated heterocycles. The second-order valence-electron chi connectivity index (χ2n) is 5.96. The molecule has 1 heterocycles. The van der Waals surface area contributed by atoms with Crippen molar-refractivity contribution in [1.82, 2.24) is 4.31 Å². The van der Waals surface area contributed by atoms with Crippen LogP contribution in [0, 0.1) is 5.92 Å². The lowest BCUT2D eigenvalue weighted by atomic mass is 9.97. The van der Waals surface area contributed by atoms with E-state index in [0.29, 0.717) is 32.4 Å². The average molecular weight is 482 g/mol. The molecule has 0 unspecified atom stereocenters. The zero-order chi connectivity index (χ0) is 17.7. The predicted molar refractivity (Wildman–Crippen MR) is 103 cm³/mol. The molecule has 134 valence electrons. The normalized spacial score (nSPS) is 17.0. The molecule has 0 radical (unpaired) electrons. The van der Waals surface area contributed by atoms with Gasteiger partial charge in [0.1, 0.15) is 0 Å². The first-order valence-electron chi connectivity index (χ1n) is 8.07. The van der Waals surface area contributed by atoms with Crippen molar-refractivity contribution >= 4 is 53.5 Å². The Morgan fingerprint density at radius 1 is 1.29 bits per heavy atom. The zero-order valence-corrected chi connectivity index (χ0v) is 17.6. The summed E-state index contributed by atoms with van der Waals surface area (Å²) >= 11 is 6.80. The standard InChI is InChI=1S/C16H22Br2N2O3S/c1-2-3-10-24(22,23)20-8-6-12(7-9-20)16(21)19-15-5-4-13(17)11-14(15)18/h4-5,11-12H,2-3,6-10H2,1H3,(H,19,21). The van der Waals surface area contributed by atoms with Gasteiger partial charge < -0.3 is 5.32 Å². The number of halogens is 2. The maximum Gasteiger partial charge on any atom is 0.227 e. The Balaban J connectivity index is 1.91. The molecule has 0 aromatic heterocycles. The Morgan fingerprint density at radius 3 is 2.54 bits per heavy atom. The summed E-state index contributed by atoms with van der Waals surface area (Å²) in [4.78, 5) is 12.4. The Kier molecular flexibility index (Phi) is 7.27. The molecule has 0 bridgehead atoms. The Morgan fingerprint density at radius 2 is 1.96 bits per heavy atom. The SMILES string of the molecule is CCCCS(=O)(=O)N1CCC(C(=O)Nc2ccc(Br)cc2Br)CC1. The topological polar surface area (TPSA) is 66.5 Å². The van der Waals surface area contributed by atoms with Crippen LogP contribution in [-0.4, -0.2) is 37.5 Å². The van der Waals surface area contributed by atoms with Crippen LogP contribution in [0.3, 0.4) is 0 Å². The van der Waals surface area contributed by atoms with Crippen molar-refractivity contribution in [1.29, 1.82) is 0 Å². The highest BCUT2D eigenvalue weighted by atomic mass is 79.9. The van der Waals surface area contributed by atoms with Gasteiger partial charge in [-0.2, -0.15) is 0 Å². The van der Waals surface area contributed by atoms with Gasteiger partial charge in [-0.1, -0.05) is 29.3 Å². The monoisotopic (exact) mass is 480 g/mol. The van der Waals surface area contributed by atoms with E-state index in [2.05, 4.69) is 37.2 Å². The number of benzene rings is 1. The van der Waals surface area contributed by atoms with Crippen LogP contribution >= 0.6 is 31.9 Å². The van der Waals surface area contributed by atoms with Gasteiger partial charge in [0.25, 0.3) is 0 Å². The molecule has 0 spiro atoms. The first kappa shape index (κ1) is 19.9. The Hall–Kier alpha value is -0.440. The van der Waals surface area contributed by atoms with Crippen molar-refractivity contribution in [2.75, 3.05) is 24.2 Å². The fraction of sp³-hybridized carbons (Fsp3) is 0.562. The summed E-state index contributed by atoms with van der Waals surface area (Å²) < 4.78 is 27.7. The molecule has 0 atom stereocenters. The summed E-state index contributed by atoms with van der Waals surface area (Å²) in [6, 6.07) is 5.57. The van der Waals surface area contributed by atoms with Crippen LogP contribution < -0.4 is 5.32 Å². The molecule has 5 nitrogen and oxygen atoms in total. The van der Waals surface area contributed by atoms with Crippen molar-refractivity contribution in [2.24, 2.45) is 5.92 Å². The number of carbonyl (C=O) groups is 1. The van der Waals surface area contributed by atoms with E-state index >= 15 is 0 Å². The molecular weight excluding hydrogens is 460 g/mol. The van der Waals surface area contributed by atoms with Gasteiger partial charge in [0, 0.05) is 28.0 Å². The van der Waals surface area contributed by atoms with Gasteiger partial charge >= 0.3 is 0 Å². The summed E-state index contributed by atoms with van der Waals surface area (Å²) in [5.74, 6) is -0.00607. The number of hydrogen-bond donors (Lipinski definition) is 1. The molecule has 1 aliphatic heterocycles. The van der Waals surface area contributed by atoms with E-state index < -0.39 is 10.0 Å². The highest BCUT2D eigenvalue weighted by Gasteiger charge is 2.30. The van der Waals surface area contributed by atoms with Crippen LogP contribution in [0.15, 0.2) is 27.1 Å². The van der Waals surface area contributed by atoms with E-state index in [-0.39, 0.29) is 17.6 Å². The van der Waals surface area contributed by atoms with Crippen LogP contribution in [0.25, 0.3) is 0 Å². The van der Waals surface area contributed by atoms with E-state index in [1.807, 2.05) is 25.1 Å². The summed E-state index contributed by atoms with van der Waals surface area (Å²) in [5.41, 5.74) is 0.723. The Bertz CT molecular complexity index is 687. The lowest BCUT2D eigenvalue weighted by Crippen LogP contribution is -2.42. The van der Waals surface area contributed by atoms with Gasteiger partial charge in [-0.05, 0) is 53.4 Å². The molecule has 1 fully saturated rings. The van der Waals surface area contributed by atoms with Crippen LogP contribution in [-0.2, 0) is 14.8 Å². The highest BCUT2D eigenvalue weighted by Crippen LogP contribution is 2.28. The van der Waals surface area contributed by atoms with Crippen molar-refractivity contribution in [3.8, 4) is 0 Å². The number of nitrogens with zero attached hydrogens (tertiary/aromatic N) is 1. The minimum atomic E-state index is -3.18. The number of anilines is 1. The smallest absolute Gasteiger partial charge is 0.227 e. The van der Waals surface area contributed by atoms with E-state index in [1.54, 1.807) is 0 Å². The van der Waals surface area contributed by atoms with Gasteiger partial charge in [0.2, 0.25) is 15.9 Å². The molecule has 24 heavy (non-hydrogen) atoms. The lowest BCUT2D eigenvalue weighted by Gasteiger charge is -2.30. The Labute approximate surface area is 160 Å².